The molecule has 2 rings (SSSR count). The number of hydrogen-bond acceptors (Lipinski definition) is 2. The standard InChI is InChI=1S/C17H26N2O/c1-3-15-10-9-13(2)19(15)17(20)12-11-16(18)14-7-5-4-6-8-14/h4-8,13,15-16H,3,9-12,18H2,1-2H3. The number of benzene rings is 1. The molecule has 3 atom stereocenters. The number of rotatable bonds is 5. The van der Waals surface area contributed by atoms with Crippen LogP contribution in [0.1, 0.15) is 57.6 Å². The van der Waals surface area contributed by atoms with Crippen LogP contribution in [0.5, 0.6) is 0 Å². The molecular formula is C17H26N2O. The van der Waals surface area contributed by atoms with E-state index in [1.807, 2.05) is 30.3 Å². The molecule has 3 heteroatoms. The number of nitrogens with two attached hydrogens (primary N) is 1. The fraction of sp³-hybridized carbons (Fsp3) is 0.588. The highest BCUT2D eigenvalue weighted by Crippen LogP contribution is 2.27. The number of amides is 1. The van der Waals surface area contributed by atoms with Gasteiger partial charge in [0.2, 0.25) is 5.91 Å². The van der Waals surface area contributed by atoms with Gasteiger partial charge in [-0.3, -0.25) is 4.79 Å². The molecule has 0 aromatic heterocycles. The summed E-state index contributed by atoms with van der Waals surface area (Å²) in [6.45, 7) is 4.32. The van der Waals surface area contributed by atoms with Crippen LogP contribution in [0.15, 0.2) is 30.3 Å². The highest BCUT2D eigenvalue weighted by Gasteiger charge is 2.32. The van der Waals surface area contributed by atoms with Crippen LogP contribution in [0.25, 0.3) is 0 Å². The summed E-state index contributed by atoms with van der Waals surface area (Å²) in [5.41, 5.74) is 7.29. The Morgan fingerprint density at radius 2 is 2.05 bits per heavy atom. The maximum Gasteiger partial charge on any atom is 0.223 e. The van der Waals surface area contributed by atoms with Crippen molar-refractivity contribution >= 4 is 5.91 Å². The first-order chi connectivity index (χ1) is 9.63. The predicted octanol–water partition coefficient (Wildman–Crippen LogP) is 3.26. The lowest BCUT2D eigenvalue weighted by Gasteiger charge is -2.28. The van der Waals surface area contributed by atoms with Crippen LogP contribution in [0.2, 0.25) is 0 Å². The molecule has 0 saturated carbocycles. The topological polar surface area (TPSA) is 46.3 Å². The van der Waals surface area contributed by atoms with Crippen LogP contribution >= 0.6 is 0 Å². The molecule has 1 aliphatic rings. The lowest BCUT2D eigenvalue weighted by Crippen LogP contribution is -2.39. The quantitative estimate of drug-likeness (QED) is 0.896. The van der Waals surface area contributed by atoms with Crippen LogP contribution < -0.4 is 5.73 Å². The third-order valence-electron chi connectivity index (χ3n) is 4.44. The molecule has 110 valence electrons. The fourth-order valence-electron chi connectivity index (χ4n) is 3.20. The molecule has 0 bridgehead atoms. The molecule has 3 unspecified atom stereocenters. The summed E-state index contributed by atoms with van der Waals surface area (Å²) < 4.78 is 0. The molecular weight excluding hydrogens is 248 g/mol. The zero-order chi connectivity index (χ0) is 14.5. The molecule has 1 amide bonds. The van der Waals surface area contributed by atoms with Crippen LogP contribution in [-0.4, -0.2) is 22.9 Å². The van der Waals surface area contributed by atoms with E-state index < -0.39 is 0 Å². The molecule has 20 heavy (non-hydrogen) atoms. The van der Waals surface area contributed by atoms with E-state index in [2.05, 4.69) is 18.7 Å². The normalized spacial score (nSPS) is 23.9. The van der Waals surface area contributed by atoms with Crippen LogP contribution in [0.3, 0.4) is 0 Å². The van der Waals surface area contributed by atoms with Crippen molar-refractivity contribution < 1.29 is 4.79 Å². The van der Waals surface area contributed by atoms with Crippen molar-refractivity contribution in [2.45, 2.75) is 64.1 Å². The van der Waals surface area contributed by atoms with Crippen LogP contribution in [0, 0.1) is 0 Å². The minimum atomic E-state index is -0.0434. The van der Waals surface area contributed by atoms with Gasteiger partial charge in [0.15, 0.2) is 0 Å². The van der Waals surface area contributed by atoms with Crippen LogP contribution in [-0.2, 0) is 4.79 Å². The van der Waals surface area contributed by atoms with Gasteiger partial charge in [0.05, 0.1) is 0 Å². The molecule has 1 saturated heterocycles. The molecule has 1 aromatic carbocycles. The fourth-order valence-corrected chi connectivity index (χ4v) is 3.20. The van der Waals surface area contributed by atoms with Gasteiger partial charge in [0.25, 0.3) is 0 Å². The summed E-state index contributed by atoms with van der Waals surface area (Å²) in [6, 6.07) is 10.8. The Morgan fingerprint density at radius 1 is 1.35 bits per heavy atom. The minimum absolute atomic E-state index is 0.0434. The molecule has 1 aliphatic heterocycles. The monoisotopic (exact) mass is 274 g/mol. The van der Waals surface area contributed by atoms with Gasteiger partial charge in [-0.2, -0.15) is 0 Å². The number of likely N-dealkylation sites (tertiary alicyclic amines) is 1. The number of nitrogens with zero attached hydrogens (tertiary/aromatic N) is 1. The molecule has 2 N–H and O–H groups in total. The summed E-state index contributed by atoms with van der Waals surface area (Å²) in [5.74, 6) is 0.272. The van der Waals surface area contributed by atoms with Crippen molar-refractivity contribution in [2.75, 3.05) is 0 Å². The van der Waals surface area contributed by atoms with Gasteiger partial charge in [-0.05, 0) is 38.2 Å². The summed E-state index contributed by atoms with van der Waals surface area (Å²) in [7, 11) is 0. The lowest BCUT2D eigenvalue weighted by atomic mass is 10.0. The Labute approximate surface area is 122 Å². The van der Waals surface area contributed by atoms with Gasteiger partial charge in [0, 0.05) is 24.5 Å². The Hall–Kier alpha value is -1.35. The van der Waals surface area contributed by atoms with Gasteiger partial charge in [0.1, 0.15) is 0 Å². The summed E-state index contributed by atoms with van der Waals surface area (Å²) in [4.78, 5) is 14.5. The number of hydrogen-bond donors (Lipinski definition) is 1. The highest BCUT2D eigenvalue weighted by molar-refractivity contribution is 5.77. The Morgan fingerprint density at radius 3 is 2.70 bits per heavy atom. The first-order valence-electron chi connectivity index (χ1n) is 7.75. The van der Waals surface area contributed by atoms with E-state index in [4.69, 9.17) is 5.73 Å². The van der Waals surface area contributed by atoms with Crippen molar-refractivity contribution in [1.82, 2.24) is 4.90 Å². The predicted molar refractivity (Wildman–Crippen MR) is 82.2 cm³/mol. The number of carbonyl (C=O) groups excluding carboxylic acids is 1. The second kappa shape index (κ2) is 6.89. The Kier molecular flexibility index (Phi) is 5.18. The van der Waals surface area contributed by atoms with Crippen LogP contribution in [0.4, 0.5) is 0 Å². The molecule has 1 aromatic rings. The number of carbonyl (C=O) groups is 1. The second-order valence-corrected chi connectivity index (χ2v) is 5.85. The average molecular weight is 274 g/mol. The summed E-state index contributed by atoms with van der Waals surface area (Å²) >= 11 is 0. The Balaban J connectivity index is 1.89. The molecule has 0 spiro atoms. The van der Waals surface area contributed by atoms with E-state index in [-0.39, 0.29) is 11.9 Å². The van der Waals surface area contributed by atoms with E-state index in [0.29, 0.717) is 18.5 Å². The average Bonchev–Trinajstić information content (AvgIpc) is 2.86. The third kappa shape index (κ3) is 3.40. The van der Waals surface area contributed by atoms with Crippen molar-refractivity contribution in [1.29, 1.82) is 0 Å². The van der Waals surface area contributed by atoms with Gasteiger partial charge in [-0.15, -0.1) is 0 Å². The molecule has 0 aliphatic carbocycles. The zero-order valence-electron chi connectivity index (χ0n) is 12.6. The Bertz CT molecular complexity index is 432. The van der Waals surface area contributed by atoms with E-state index in [1.165, 1.54) is 0 Å². The zero-order valence-corrected chi connectivity index (χ0v) is 12.6. The SMILES string of the molecule is CCC1CCC(C)N1C(=O)CCC(N)c1ccccc1. The van der Waals surface area contributed by atoms with E-state index in [0.717, 1.165) is 31.2 Å². The molecule has 0 radical (unpaired) electrons. The first-order valence-corrected chi connectivity index (χ1v) is 7.75. The van der Waals surface area contributed by atoms with Crippen molar-refractivity contribution in [2.24, 2.45) is 5.73 Å². The van der Waals surface area contributed by atoms with E-state index in [9.17, 15) is 4.79 Å². The highest BCUT2D eigenvalue weighted by atomic mass is 16.2. The lowest BCUT2D eigenvalue weighted by molar-refractivity contribution is -0.134. The molecule has 1 heterocycles. The van der Waals surface area contributed by atoms with Gasteiger partial charge in [-0.1, -0.05) is 37.3 Å². The second-order valence-electron chi connectivity index (χ2n) is 5.85. The minimum Gasteiger partial charge on any atom is -0.337 e. The maximum atomic E-state index is 12.4. The van der Waals surface area contributed by atoms with Gasteiger partial charge < -0.3 is 10.6 Å². The van der Waals surface area contributed by atoms with Crippen molar-refractivity contribution in [3.8, 4) is 0 Å². The smallest absolute Gasteiger partial charge is 0.223 e. The largest absolute Gasteiger partial charge is 0.337 e. The molecule has 3 nitrogen and oxygen atoms in total. The van der Waals surface area contributed by atoms with E-state index in [1.54, 1.807) is 0 Å². The third-order valence-corrected chi connectivity index (χ3v) is 4.44. The summed E-state index contributed by atoms with van der Waals surface area (Å²) in [5, 5.41) is 0. The first kappa shape index (κ1) is 15.0. The molecule has 1 fully saturated rings. The van der Waals surface area contributed by atoms with Crippen molar-refractivity contribution in [3.05, 3.63) is 35.9 Å². The van der Waals surface area contributed by atoms with Crippen molar-refractivity contribution in [3.63, 3.8) is 0 Å². The van der Waals surface area contributed by atoms with Gasteiger partial charge in [-0.25, -0.2) is 0 Å². The van der Waals surface area contributed by atoms with Gasteiger partial charge >= 0.3 is 0 Å². The maximum absolute atomic E-state index is 12.4. The van der Waals surface area contributed by atoms with E-state index >= 15 is 0 Å². The summed E-state index contributed by atoms with van der Waals surface area (Å²) in [6.07, 6.45) is 4.61.